The van der Waals surface area contributed by atoms with E-state index in [1.54, 1.807) is 42.9 Å². The average molecular weight is 611 g/mol. The van der Waals surface area contributed by atoms with Gasteiger partial charge in [0.25, 0.3) is 21.5 Å². The highest BCUT2D eigenvalue weighted by Gasteiger charge is 2.44. The third-order valence-electron chi connectivity index (χ3n) is 7.71. The summed E-state index contributed by atoms with van der Waals surface area (Å²) < 4.78 is 38.3. The van der Waals surface area contributed by atoms with E-state index in [2.05, 4.69) is 14.9 Å². The summed E-state index contributed by atoms with van der Waals surface area (Å²) in [5.41, 5.74) is 1.37. The predicted molar refractivity (Wildman–Crippen MR) is 157 cm³/mol. The van der Waals surface area contributed by atoms with Crippen molar-refractivity contribution < 1.29 is 12.9 Å². The molecule has 0 bridgehead atoms. The number of hydrogen-bond donors (Lipinski definition) is 1. The maximum absolute atomic E-state index is 13.6. The lowest BCUT2D eigenvalue weighted by molar-refractivity contribution is 0.273. The van der Waals surface area contributed by atoms with Crippen molar-refractivity contribution in [2.45, 2.75) is 36.5 Å². The van der Waals surface area contributed by atoms with Crippen LogP contribution in [-0.2, 0) is 22.5 Å². The molecule has 2 aromatic heterocycles. The zero-order valence-corrected chi connectivity index (χ0v) is 24.5. The van der Waals surface area contributed by atoms with E-state index in [1.807, 2.05) is 36.4 Å². The van der Waals surface area contributed by atoms with Crippen LogP contribution < -0.4 is 10.3 Å². The summed E-state index contributed by atoms with van der Waals surface area (Å²) in [7, 11) is -2.70. The van der Waals surface area contributed by atoms with Gasteiger partial charge in [-0.1, -0.05) is 83.3 Å². The van der Waals surface area contributed by atoms with E-state index >= 15 is 0 Å². The van der Waals surface area contributed by atoms with E-state index in [1.165, 1.54) is 16.8 Å². The average Bonchev–Trinajstić information content (AvgIpc) is 3.50. The fourth-order valence-electron chi connectivity index (χ4n) is 5.22. The Kier molecular flexibility index (Phi) is 6.80. The zero-order valence-electron chi connectivity index (χ0n) is 22.1. The normalized spacial score (nSPS) is 14.5. The molecule has 12 heteroatoms. The third-order valence-corrected chi connectivity index (χ3v) is 10.00. The number of aromatic nitrogens is 4. The minimum atomic E-state index is -4.37. The highest BCUT2D eigenvalue weighted by Crippen LogP contribution is 2.48. The summed E-state index contributed by atoms with van der Waals surface area (Å²) in [5.74, 6) is 0.638. The van der Waals surface area contributed by atoms with Gasteiger partial charge in [-0.2, -0.15) is 4.98 Å². The van der Waals surface area contributed by atoms with Gasteiger partial charge in [0.05, 0.1) is 26.8 Å². The lowest BCUT2D eigenvalue weighted by Gasteiger charge is -2.39. The van der Waals surface area contributed by atoms with Gasteiger partial charge >= 0.3 is 0 Å². The van der Waals surface area contributed by atoms with Crippen molar-refractivity contribution in [1.29, 1.82) is 0 Å². The van der Waals surface area contributed by atoms with E-state index < -0.39 is 15.6 Å². The van der Waals surface area contributed by atoms with Gasteiger partial charge in [0.2, 0.25) is 0 Å². The Morgan fingerprint density at radius 3 is 2.29 bits per heavy atom. The third kappa shape index (κ3) is 4.56. The summed E-state index contributed by atoms with van der Waals surface area (Å²) in [4.78, 5) is 17.7. The van der Waals surface area contributed by atoms with Gasteiger partial charge in [0.1, 0.15) is 10.6 Å². The molecule has 1 N–H and O–H groups in total. The number of hydrogen-bond acceptors (Lipinski definition) is 6. The van der Waals surface area contributed by atoms with Crippen molar-refractivity contribution in [3.63, 3.8) is 0 Å². The van der Waals surface area contributed by atoms with Crippen LogP contribution in [0.5, 0.6) is 0 Å². The summed E-state index contributed by atoms with van der Waals surface area (Å²) in [6.07, 6.45) is 2.78. The van der Waals surface area contributed by atoms with E-state index in [0.717, 1.165) is 24.8 Å². The van der Waals surface area contributed by atoms with Crippen molar-refractivity contribution in [2.75, 3.05) is 4.72 Å². The molecule has 6 rings (SSSR count). The standard InChI is InChI=1S/C29H25Cl2N5O4S/c1-18-25(27(37)36(35(18)2)21-12-7-4-8-13-21)34-41(38,39)23-17-19(16-22(30)24(23)31)26-32-28(33-40-26)29(14-9-15-29)20-10-5-3-6-11-20/h3-8,10-13,16-17,34H,9,14-15H2,1-2H3. The van der Waals surface area contributed by atoms with Crippen LogP contribution in [0.3, 0.4) is 0 Å². The van der Waals surface area contributed by atoms with Crippen LogP contribution in [0.4, 0.5) is 5.69 Å². The Hall–Kier alpha value is -3.86. The second-order valence-electron chi connectivity index (χ2n) is 10.0. The maximum Gasteiger partial charge on any atom is 0.296 e. The summed E-state index contributed by atoms with van der Waals surface area (Å²) in [6.45, 7) is 1.65. The number of rotatable bonds is 7. The number of nitrogens with one attached hydrogen (secondary N) is 1. The molecule has 0 spiro atoms. The van der Waals surface area contributed by atoms with E-state index in [4.69, 9.17) is 27.7 Å². The Bertz CT molecular complexity index is 1930. The Morgan fingerprint density at radius 1 is 1.00 bits per heavy atom. The van der Waals surface area contributed by atoms with Gasteiger partial charge in [-0.25, -0.2) is 13.1 Å². The molecule has 5 aromatic rings. The predicted octanol–water partition coefficient (Wildman–Crippen LogP) is 6.11. The van der Waals surface area contributed by atoms with Gasteiger partial charge < -0.3 is 4.52 Å². The maximum atomic E-state index is 13.6. The van der Waals surface area contributed by atoms with Crippen molar-refractivity contribution in [2.24, 2.45) is 7.05 Å². The number of halogens is 2. The molecule has 1 aliphatic rings. The molecule has 1 aliphatic carbocycles. The molecule has 0 aliphatic heterocycles. The van der Waals surface area contributed by atoms with Crippen LogP contribution in [0.1, 0.15) is 36.3 Å². The summed E-state index contributed by atoms with van der Waals surface area (Å²) in [6, 6.07) is 21.7. The molecule has 0 unspecified atom stereocenters. The first-order valence-corrected chi connectivity index (χ1v) is 15.1. The van der Waals surface area contributed by atoms with Crippen LogP contribution in [-0.4, -0.2) is 27.9 Å². The Labute approximate surface area is 246 Å². The number of benzene rings is 3. The Morgan fingerprint density at radius 2 is 1.66 bits per heavy atom. The largest absolute Gasteiger partial charge is 0.334 e. The molecule has 210 valence electrons. The lowest BCUT2D eigenvalue weighted by atomic mass is 9.64. The lowest BCUT2D eigenvalue weighted by Crippen LogP contribution is -2.36. The number of nitrogens with zero attached hydrogens (tertiary/aromatic N) is 4. The van der Waals surface area contributed by atoms with Crippen molar-refractivity contribution in [3.05, 3.63) is 110 Å². The quantitative estimate of drug-likeness (QED) is 0.238. The second-order valence-corrected chi connectivity index (χ2v) is 12.5. The van der Waals surface area contributed by atoms with Gasteiger partial charge in [-0.3, -0.25) is 14.2 Å². The van der Waals surface area contributed by atoms with E-state index in [-0.39, 0.29) is 37.5 Å². The molecule has 2 heterocycles. The first-order chi connectivity index (χ1) is 19.6. The molecule has 41 heavy (non-hydrogen) atoms. The van der Waals surface area contributed by atoms with Gasteiger partial charge in [0.15, 0.2) is 5.82 Å². The molecule has 1 fully saturated rings. The van der Waals surface area contributed by atoms with Crippen molar-refractivity contribution >= 4 is 38.9 Å². The number of para-hydroxylation sites is 1. The first-order valence-electron chi connectivity index (χ1n) is 12.9. The van der Waals surface area contributed by atoms with E-state index in [9.17, 15) is 13.2 Å². The van der Waals surface area contributed by atoms with Gasteiger partial charge in [-0.15, -0.1) is 0 Å². The van der Waals surface area contributed by atoms with E-state index in [0.29, 0.717) is 17.2 Å². The fraction of sp³-hybridized carbons (Fsp3) is 0.207. The molecule has 3 aromatic carbocycles. The van der Waals surface area contributed by atoms with Crippen LogP contribution in [0.15, 0.2) is 87.0 Å². The van der Waals surface area contributed by atoms with Crippen LogP contribution in [0, 0.1) is 6.92 Å². The minimum Gasteiger partial charge on any atom is -0.334 e. The number of sulfonamides is 1. The smallest absolute Gasteiger partial charge is 0.296 e. The van der Waals surface area contributed by atoms with Crippen LogP contribution in [0.25, 0.3) is 17.1 Å². The monoisotopic (exact) mass is 609 g/mol. The molecule has 0 atom stereocenters. The molecule has 0 radical (unpaired) electrons. The molecule has 9 nitrogen and oxygen atoms in total. The first kappa shape index (κ1) is 27.3. The topological polar surface area (TPSA) is 112 Å². The molecule has 1 saturated carbocycles. The minimum absolute atomic E-state index is 0.0165. The summed E-state index contributed by atoms with van der Waals surface area (Å²) >= 11 is 12.8. The van der Waals surface area contributed by atoms with Gasteiger partial charge in [-0.05, 0) is 49.6 Å². The van der Waals surface area contributed by atoms with Crippen molar-refractivity contribution in [1.82, 2.24) is 19.5 Å². The highest BCUT2D eigenvalue weighted by atomic mass is 35.5. The second kappa shape index (κ2) is 10.2. The molecule has 0 saturated heterocycles. The van der Waals surface area contributed by atoms with Crippen LogP contribution >= 0.6 is 23.2 Å². The fourth-order valence-corrected chi connectivity index (χ4v) is 7.15. The SMILES string of the molecule is Cc1c(NS(=O)(=O)c2cc(-c3nc(C4(c5ccccc5)CCC4)no3)cc(Cl)c2Cl)c(=O)n(-c2ccccc2)n1C. The highest BCUT2D eigenvalue weighted by molar-refractivity contribution is 7.92. The Balaban J connectivity index is 1.38. The molecular weight excluding hydrogens is 585 g/mol. The summed E-state index contributed by atoms with van der Waals surface area (Å²) in [5, 5.41) is 4.05. The number of anilines is 1. The molecule has 0 amide bonds. The van der Waals surface area contributed by atoms with Crippen LogP contribution in [0.2, 0.25) is 10.0 Å². The molecular formula is C29H25Cl2N5O4S. The van der Waals surface area contributed by atoms with Gasteiger partial charge in [0, 0.05) is 12.6 Å². The van der Waals surface area contributed by atoms with Crippen molar-refractivity contribution in [3.8, 4) is 17.1 Å². The zero-order chi connectivity index (χ0) is 28.9.